The van der Waals surface area contributed by atoms with Gasteiger partial charge in [0.05, 0.1) is 25.4 Å². The fourth-order valence-corrected chi connectivity index (χ4v) is 3.68. The lowest BCUT2D eigenvalue weighted by atomic mass is 10.1. The van der Waals surface area contributed by atoms with Gasteiger partial charge in [0.15, 0.2) is 16.6 Å². The number of aliphatic hydroxyl groups is 2. The largest absolute Gasteiger partial charge is 0.414 e. The van der Waals surface area contributed by atoms with Crippen LogP contribution >= 0.6 is 0 Å². The molecule has 0 aliphatic carbocycles. The van der Waals surface area contributed by atoms with Crippen molar-refractivity contribution in [3.05, 3.63) is 0 Å². The summed E-state index contributed by atoms with van der Waals surface area (Å²) < 4.78 is 12.1. The van der Waals surface area contributed by atoms with Gasteiger partial charge in [-0.2, -0.15) is 0 Å². The minimum Gasteiger partial charge on any atom is -0.414 e. The van der Waals surface area contributed by atoms with E-state index in [0.29, 0.717) is 26.1 Å². The Morgan fingerprint density at radius 1 is 0.667 bits per heavy atom. The Labute approximate surface area is 152 Å². The Morgan fingerprint density at radius 2 is 0.917 bits per heavy atom. The van der Waals surface area contributed by atoms with Gasteiger partial charge >= 0.3 is 0 Å². The van der Waals surface area contributed by atoms with Gasteiger partial charge < -0.3 is 19.1 Å². The molecule has 6 heteroatoms. The van der Waals surface area contributed by atoms with Gasteiger partial charge in [-0.3, -0.25) is 0 Å². The quantitative estimate of drug-likeness (QED) is 0.579. The summed E-state index contributed by atoms with van der Waals surface area (Å²) in [5.41, 5.74) is 0. The van der Waals surface area contributed by atoms with E-state index in [1.54, 1.807) is 0 Å². The molecule has 0 aromatic carbocycles. The minimum absolute atomic E-state index is 0.142. The smallest absolute Gasteiger partial charge is 0.192 e. The summed E-state index contributed by atoms with van der Waals surface area (Å²) in [5.74, 6) is 0. The predicted molar refractivity (Wildman–Crippen MR) is 108 cm³/mol. The Hall–Kier alpha value is 0.274. The molecule has 4 nitrogen and oxygen atoms in total. The number of hydrogen-bond acceptors (Lipinski definition) is 4. The first-order chi connectivity index (χ1) is 10.5. The first kappa shape index (κ1) is 24.3. The molecule has 0 aliphatic rings. The zero-order valence-electron chi connectivity index (χ0n) is 17.7. The molecule has 0 aromatic rings. The Balaban J connectivity index is 4.18. The fourth-order valence-electron chi connectivity index (χ4n) is 1.59. The maximum absolute atomic E-state index is 10.1. The normalized spacial score (nSPS) is 17.0. The van der Waals surface area contributed by atoms with Gasteiger partial charge in [-0.05, 0) is 49.1 Å². The van der Waals surface area contributed by atoms with Crippen molar-refractivity contribution in [2.45, 2.75) is 103 Å². The maximum Gasteiger partial charge on any atom is 0.192 e. The van der Waals surface area contributed by atoms with Crippen LogP contribution in [-0.4, -0.2) is 52.3 Å². The van der Waals surface area contributed by atoms with Gasteiger partial charge in [0.2, 0.25) is 0 Å². The standard InChI is InChI=1S/C18H42O4Si2/c1-17(2,3)23(7,8)21-13-15(19)11-12-16(20)14-22-24(9,10)18(4,5)6/h15-16,19-20H,11-14H2,1-10H3/t15-,16-/m0/s1. The van der Waals surface area contributed by atoms with Crippen LogP contribution in [0.1, 0.15) is 54.4 Å². The molecule has 0 rings (SSSR count). The van der Waals surface area contributed by atoms with Gasteiger partial charge in [-0.25, -0.2) is 0 Å². The summed E-state index contributed by atoms with van der Waals surface area (Å²) in [6.07, 6.45) is 0.0242. The van der Waals surface area contributed by atoms with Crippen LogP contribution in [0.25, 0.3) is 0 Å². The first-order valence-corrected chi connectivity index (χ1v) is 15.0. The van der Waals surface area contributed by atoms with Crippen LogP contribution in [0.4, 0.5) is 0 Å². The van der Waals surface area contributed by atoms with Crippen LogP contribution in [0.2, 0.25) is 36.3 Å². The molecule has 0 saturated carbocycles. The number of rotatable bonds is 9. The Morgan fingerprint density at radius 3 is 1.12 bits per heavy atom. The molecule has 0 fully saturated rings. The van der Waals surface area contributed by atoms with Gasteiger partial charge in [0.25, 0.3) is 0 Å². The maximum atomic E-state index is 10.1. The van der Waals surface area contributed by atoms with Crippen molar-refractivity contribution in [2.75, 3.05) is 13.2 Å². The minimum atomic E-state index is -1.83. The molecular formula is C18H42O4Si2. The third-order valence-corrected chi connectivity index (χ3v) is 14.7. The van der Waals surface area contributed by atoms with Crippen LogP contribution in [0, 0.1) is 0 Å². The molecule has 0 unspecified atom stereocenters. The van der Waals surface area contributed by atoms with E-state index >= 15 is 0 Å². The lowest BCUT2D eigenvalue weighted by Crippen LogP contribution is -2.43. The van der Waals surface area contributed by atoms with Crippen LogP contribution in [0.5, 0.6) is 0 Å². The van der Waals surface area contributed by atoms with Gasteiger partial charge in [0.1, 0.15) is 0 Å². The highest BCUT2D eigenvalue weighted by atomic mass is 28.4. The van der Waals surface area contributed by atoms with Crippen LogP contribution in [0.15, 0.2) is 0 Å². The molecule has 0 amide bonds. The average Bonchev–Trinajstić information content (AvgIpc) is 2.38. The summed E-state index contributed by atoms with van der Waals surface area (Å²) in [5, 5.41) is 20.6. The topological polar surface area (TPSA) is 58.9 Å². The fraction of sp³-hybridized carbons (Fsp3) is 1.00. The Bertz CT molecular complexity index is 334. The van der Waals surface area contributed by atoms with Crippen molar-refractivity contribution >= 4 is 16.6 Å². The second kappa shape index (κ2) is 8.78. The van der Waals surface area contributed by atoms with E-state index in [9.17, 15) is 10.2 Å². The van der Waals surface area contributed by atoms with Crippen LogP contribution < -0.4 is 0 Å². The highest BCUT2D eigenvalue weighted by molar-refractivity contribution is 6.74. The summed E-state index contributed by atoms with van der Waals surface area (Å²) >= 11 is 0. The molecule has 0 spiro atoms. The monoisotopic (exact) mass is 378 g/mol. The van der Waals surface area contributed by atoms with E-state index in [1.165, 1.54) is 0 Å². The van der Waals surface area contributed by atoms with E-state index in [1.807, 2.05) is 0 Å². The molecule has 0 aromatic heterocycles. The second-order valence-corrected chi connectivity index (χ2v) is 19.6. The van der Waals surface area contributed by atoms with Gasteiger partial charge in [0, 0.05) is 0 Å². The van der Waals surface area contributed by atoms with Gasteiger partial charge in [-0.15, -0.1) is 0 Å². The number of hydrogen-bond donors (Lipinski definition) is 2. The molecule has 146 valence electrons. The lowest BCUT2D eigenvalue weighted by Gasteiger charge is -2.37. The van der Waals surface area contributed by atoms with E-state index < -0.39 is 28.8 Å². The third-order valence-electron chi connectivity index (χ3n) is 5.72. The van der Waals surface area contributed by atoms with Crippen molar-refractivity contribution < 1.29 is 19.1 Å². The highest BCUT2D eigenvalue weighted by Crippen LogP contribution is 2.37. The molecule has 0 aliphatic heterocycles. The summed E-state index contributed by atoms with van der Waals surface area (Å²) in [6, 6.07) is 0. The molecule has 2 atom stereocenters. The zero-order chi connectivity index (χ0) is 19.4. The van der Waals surface area contributed by atoms with E-state index in [-0.39, 0.29) is 10.1 Å². The molecular weight excluding hydrogens is 336 g/mol. The molecule has 24 heavy (non-hydrogen) atoms. The van der Waals surface area contributed by atoms with Crippen molar-refractivity contribution in [1.29, 1.82) is 0 Å². The second-order valence-electron chi connectivity index (χ2n) is 10.0. The van der Waals surface area contributed by atoms with Crippen molar-refractivity contribution in [3.8, 4) is 0 Å². The van der Waals surface area contributed by atoms with Crippen molar-refractivity contribution in [2.24, 2.45) is 0 Å². The van der Waals surface area contributed by atoms with Crippen LogP contribution in [0.3, 0.4) is 0 Å². The average molecular weight is 379 g/mol. The predicted octanol–water partition coefficient (Wildman–Crippen LogP) is 4.53. The molecule has 0 radical (unpaired) electrons. The first-order valence-electron chi connectivity index (χ1n) is 9.13. The van der Waals surface area contributed by atoms with E-state index in [2.05, 4.69) is 67.7 Å². The molecule has 0 bridgehead atoms. The van der Waals surface area contributed by atoms with E-state index in [0.717, 1.165) is 0 Å². The van der Waals surface area contributed by atoms with Crippen molar-refractivity contribution in [1.82, 2.24) is 0 Å². The molecule has 2 N–H and O–H groups in total. The summed E-state index contributed by atoms with van der Waals surface area (Å²) in [7, 11) is -3.65. The van der Waals surface area contributed by atoms with Crippen molar-refractivity contribution in [3.63, 3.8) is 0 Å². The summed E-state index contributed by atoms with van der Waals surface area (Å²) in [6.45, 7) is 22.6. The summed E-state index contributed by atoms with van der Waals surface area (Å²) in [4.78, 5) is 0. The highest BCUT2D eigenvalue weighted by Gasteiger charge is 2.38. The Kier molecular flexibility index (Phi) is 8.88. The van der Waals surface area contributed by atoms with Crippen LogP contribution in [-0.2, 0) is 8.85 Å². The SMILES string of the molecule is CC(C)(C)[Si](C)(C)OC[C@@H](O)CC[C@H](O)CO[Si](C)(C)C(C)(C)C. The molecule has 0 saturated heterocycles. The third kappa shape index (κ3) is 8.10. The van der Waals surface area contributed by atoms with Gasteiger partial charge in [-0.1, -0.05) is 41.5 Å². The van der Waals surface area contributed by atoms with E-state index in [4.69, 9.17) is 8.85 Å². The number of aliphatic hydroxyl groups excluding tert-OH is 2. The lowest BCUT2D eigenvalue weighted by molar-refractivity contribution is 0.0533. The molecule has 0 heterocycles. The zero-order valence-corrected chi connectivity index (χ0v) is 19.7.